The SMILES string of the molecule is COc1ccc(CO[C@H]2C[C@@H](O)[C@H](O[C@H]3CC[C@H](O[C@H]4C=CC(=O)[C@H](C)O4)[C@H](C)O3)[C@@H](C)O2)cc1. The summed E-state index contributed by atoms with van der Waals surface area (Å²) in [4.78, 5) is 11.6. The van der Waals surface area contributed by atoms with Gasteiger partial charge in [0.2, 0.25) is 0 Å². The van der Waals surface area contributed by atoms with Crippen molar-refractivity contribution >= 4 is 5.78 Å². The van der Waals surface area contributed by atoms with E-state index in [-0.39, 0.29) is 24.1 Å². The summed E-state index contributed by atoms with van der Waals surface area (Å²) >= 11 is 0. The van der Waals surface area contributed by atoms with E-state index in [1.165, 1.54) is 6.08 Å². The molecule has 0 radical (unpaired) electrons. The number of hydrogen-bond donors (Lipinski definition) is 1. The summed E-state index contributed by atoms with van der Waals surface area (Å²) in [5.41, 5.74) is 0.992. The molecule has 2 fully saturated rings. The number of aliphatic hydroxyl groups excluding tert-OH is 1. The predicted molar refractivity (Wildman–Crippen MR) is 125 cm³/mol. The third-order valence-corrected chi connectivity index (χ3v) is 6.59. The standard InChI is InChI=1S/C26H36O9/c1-15-20(27)9-11-23(31-15)34-22-10-12-24(32-16(22)2)35-26-17(3)33-25(13-21(26)28)30-14-18-5-7-19(29-4)8-6-18/h5-9,11,15-17,21-26,28H,10,12-14H2,1-4H3/t15-,16-,17+,21+,22-,23-,24-,25+,26+/m0/s1. The van der Waals surface area contributed by atoms with E-state index in [9.17, 15) is 9.90 Å². The number of methoxy groups -OCH3 is 1. The lowest BCUT2D eigenvalue weighted by atomic mass is 10.0. The van der Waals surface area contributed by atoms with E-state index in [4.69, 9.17) is 33.2 Å². The van der Waals surface area contributed by atoms with Crippen molar-refractivity contribution in [2.24, 2.45) is 0 Å². The number of carbonyl (C=O) groups is 1. The second kappa shape index (κ2) is 11.9. The molecule has 3 heterocycles. The van der Waals surface area contributed by atoms with Gasteiger partial charge in [-0.15, -0.1) is 0 Å². The molecule has 194 valence electrons. The van der Waals surface area contributed by atoms with Crippen LogP contribution in [0.15, 0.2) is 36.4 Å². The Bertz CT molecular complexity index is 845. The summed E-state index contributed by atoms with van der Waals surface area (Å²) in [6.07, 6.45) is 0.588. The van der Waals surface area contributed by atoms with Crippen LogP contribution in [0.2, 0.25) is 0 Å². The van der Waals surface area contributed by atoms with E-state index >= 15 is 0 Å². The van der Waals surface area contributed by atoms with Crippen LogP contribution < -0.4 is 4.74 Å². The Balaban J connectivity index is 1.22. The van der Waals surface area contributed by atoms with Crippen LogP contribution in [0.4, 0.5) is 0 Å². The van der Waals surface area contributed by atoms with Crippen LogP contribution in [0.1, 0.15) is 45.6 Å². The monoisotopic (exact) mass is 492 g/mol. The molecule has 0 unspecified atom stereocenters. The van der Waals surface area contributed by atoms with Crippen molar-refractivity contribution in [3.63, 3.8) is 0 Å². The number of benzene rings is 1. The first-order valence-electron chi connectivity index (χ1n) is 12.2. The molecule has 9 nitrogen and oxygen atoms in total. The number of hydrogen-bond acceptors (Lipinski definition) is 9. The highest BCUT2D eigenvalue weighted by molar-refractivity contribution is 5.93. The van der Waals surface area contributed by atoms with E-state index in [1.54, 1.807) is 20.1 Å². The number of ketones is 1. The zero-order valence-electron chi connectivity index (χ0n) is 20.7. The quantitative estimate of drug-likeness (QED) is 0.587. The number of ether oxygens (including phenoxy) is 7. The Labute approximate surface area is 206 Å². The topological polar surface area (TPSA) is 102 Å². The van der Waals surface area contributed by atoms with Crippen molar-refractivity contribution in [2.45, 2.75) is 102 Å². The first-order valence-corrected chi connectivity index (χ1v) is 12.2. The molecule has 9 heteroatoms. The fraction of sp³-hybridized carbons (Fsp3) is 0.654. The minimum atomic E-state index is -0.743. The molecule has 0 spiro atoms. The van der Waals surface area contributed by atoms with Crippen molar-refractivity contribution in [1.29, 1.82) is 0 Å². The molecule has 3 aliphatic rings. The molecule has 0 saturated carbocycles. The van der Waals surface area contributed by atoms with E-state index < -0.39 is 37.2 Å². The minimum absolute atomic E-state index is 0.0676. The normalized spacial score (nSPS) is 37.9. The molecule has 0 aliphatic carbocycles. The summed E-state index contributed by atoms with van der Waals surface area (Å²) < 4.78 is 40.8. The lowest BCUT2D eigenvalue weighted by molar-refractivity contribution is -0.310. The Hall–Kier alpha value is -1.85. The predicted octanol–water partition coefficient (Wildman–Crippen LogP) is 2.87. The maximum Gasteiger partial charge on any atom is 0.184 e. The van der Waals surface area contributed by atoms with Gasteiger partial charge in [0.15, 0.2) is 24.7 Å². The van der Waals surface area contributed by atoms with Gasteiger partial charge in [0.05, 0.1) is 38.1 Å². The summed E-state index contributed by atoms with van der Waals surface area (Å²) in [7, 11) is 1.63. The zero-order valence-corrected chi connectivity index (χ0v) is 20.7. The van der Waals surface area contributed by atoms with Crippen LogP contribution >= 0.6 is 0 Å². The molecular formula is C26H36O9. The summed E-state index contributed by atoms with van der Waals surface area (Å²) in [5.74, 6) is 0.719. The van der Waals surface area contributed by atoms with Crippen molar-refractivity contribution in [1.82, 2.24) is 0 Å². The maximum absolute atomic E-state index is 11.6. The molecule has 1 N–H and O–H groups in total. The number of aliphatic hydroxyl groups is 1. The average Bonchev–Trinajstić information content (AvgIpc) is 2.84. The highest BCUT2D eigenvalue weighted by atomic mass is 16.7. The lowest BCUT2D eigenvalue weighted by Crippen LogP contribution is -2.52. The summed E-state index contributed by atoms with van der Waals surface area (Å²) in [5, 5.41) is 10.8. The number of rotatable bonds is 8. The maximum atomic E-state index is 11.6. The highest BCUT2D eigenvalue weighted by Crippen LogP contribution is 2.30. The van der Waals surface area contributed by atoms with Crippen LogP contribution in [0.25, 0.3) is 0 Å². The van der Waals surface area contributed by atoms with Crippen molar-refractivity contribution < 1.29 is 43.1 Å². The smallest absolute Gasteiger partial charge is 0.184 e. The second-order valence-electron chi connectivity index (χ2n) is 9.26. The zero-order chi connectivity index (χ0) is 24.9. The average molecular weight is 493 g/mol. The van der Waals surface area contributed by atoms with E-state index in [1.807, 2.05) is 38.1 Å². The van der Waals surface area contributed by atoms with Crippen LogP contribution in [0, 0.1) is 0 Å². The second-order valence-corrected chi connectivity index (χ2v) is 9.26. The molecule has 0 bridgehead atoms. The highest BCUT2D eigenvalue weighted by Gasteiger charge is 2.40. The Kier molecular flexibility index (Phi) is 8.93. The first kappa shape index (κ1) is 26.2. The molecule has 1 aromatic carbocycles. The van der Waals surface area contributed by atoms with Crippen LogP contribution in [-0.2, 0) is 39.8 Å². The van der Waals surface area contributed by atoms with Crippen molar-refractivity contribution in [2.75, 3.05) is 7.11 Å². The lowest BCUT2D eigenvalue weighted by Gasteiger charge is -2.42. The van der Waals surface area contributed by atoms with E-state index in [0.29, 0.717) is 25.9 Å². The fourth-order valence-corrected chi connectivity index (χ4v) is 4.49. The molecule has 4 rings (SSSR count). The third-order valence-electron chi connectivity index (χ3n) is 6.59. The fourth-order valence-electron chi connectivity index (χ4n) is 4.49. The summed E-state index contributed by atoms with van der Waals surface area (Å²) in [6.45, 7) is 5.86. The van der Waals surface area contributed by atoms with Crippen LogP contribution in [0.5, 0.6) is 5.75 Å². The van der Waals surface area contributed by atoms with Gasteiger partial charge in [-0.05, 0) is 57.0 Å². The molecule has 0 amide bonds. The molecule has 35 heavy (non-hydrogen) atoms. The van der Waals surface area contributed by atoms with Gasteiger partial charge >= 0.3 is 0 Å². The molecule has 3 aliphatic heterocycles. The van der Waals surface area contributed by atoms with Gasteiger partial charge in [0, 0.05) is 12.8 Å². The van der Waals surface area contributed by atoms with Crippen molar-refractivity contribution in [3.8, 4) is 5.75 Å². The van der Waals surface area contributed by atoms with E-state index in [0.717, 1.165) is 11.3 Å². The van der Waals surface area contributed by atoms with Gasteiger partial charge in [-0.25, -0.2) is 0 Å². The Morgan fingerprint density at radius 2 is 1.71 bits per heavy atom. The van der Waals surface area contributed by atoms with Gasteiger partial charge in [-0.3, -0.25) is 4.79 Å². The van der Waals surface area contributed by atoms with Gasteiger partial charge in [0.25, 0.3) is 0 Å². The molecule has 1 aromatic rings. The third kappa shape index (κ3) is 6.89. The van der Waals surface area contributed by atoms with Gasteiger partial charge in [0.1, 0.15) is 18.0 Å². The van der Waals surface area contributed by atoms with Gasteiger partial charge < -0.3 is 38.3 Å². The van der Waals surface area contributed by atoms with E-state index in [2.05, 4.69) is 0 Å². The minimum Gasteiger partial charge on any atom is -0.497 e. The molecular weight excluding hydrogens is 456 g/mol. The molecule has 0 aromatic heterocycles. The van der Waals surface area contributed by atoms with Gasteiger partial charge in [-0.1, -0.05) is 12.1 Å². The first-order chi connectivity index (χ1) is 16.8. The van der Waals surface area contributed by atoms with Crippen molar-refractivity contribution in [3.05, 3.63) is 42.0 Å². The summed E-state index contributed by atoms with van der Waals surface area (Å²) in [6, 6.07) is 7.62. The molecule has 2 saturated heterocycles. The Morgan fingerprint density at radius 3 is 2.37 bits per heavy atom. The number of carbonyl (C=O) groups excluding carboxylic acids is 1. The van der Waals surface area contributed by atoms with Crippen LogP contribution in [0.3, 0.4) is 0 Å². The molecule has 9 atom stereocenters. The Morgan fingerprint density at radius 1 is 0.971 bits per heavy atom. The van der Waals surface area contributed by atoms with Crippen LogP contribution in [-0.4, -0.2) is 73.5 Å². The largest absolute Gasteiger partial charge is 0.497 e. The van der Waals surface area contributed by atoms with Gasteiger partial charge in [-0.2, -0.15) is 0 Å².